The van der Waals surface area contributed by atoms with Crippen LogP contribution < -0.4 is 0 Å². The van der Waals surface area contributed by atoms with Crippen molar-refractivity contribution in [3.8, 4) is 11.1 Å². The van der Waals surface area contributed by atoms with Gasteiger partial charge in [-0.2, -0.15) is 11.8 Å². The van der Waals surface area contributed by atoms with E-state index in [4.69, 9.17) is 5.11 Å². The monoisotopic (exact) mass is 531 g/mol. The molecule has 1 aromatic heterocycles. The Labute approximate surface area is 231 Å². The molecule has 0 atom stereocenters. The lowest BCUT2D eigenvalue weighted by atomic mass is 9.69. The molecule has 4 nitrogen and oxygen atoms in total. The van der Waals surface area contributed by atoms with E-state index in [0.717, 1.165) is 66.7 Å². The summed E-state index contributed by atoms with van der Waals surface area (Å²) in [6.07, 6.45) is 8.96. The smallest absolute Gasteiger partial charge is 0.307 e. The number of carboxylic acid groups (broad SMARTS) is 1. The van der Waals surface area contributed by atoms with Gasteiger partial charge < -0.3 is 10.2 Å². The van der Waals surface area contributed by atoms with E-state index in [9.17, 15) is 9.90 Å². The molecule has 0 aliphatic carbocycles. The van der Waals surface area contributed by atoms with E-state index in [2.05, 4.69) is 69.1 Å². The molecular weight excluding hydrogens is 490 g/mol. The first kappa shape index (κ1) is 28.4. The fraction of sp³-hybridized carbons (Fsp3) is 0.455. The molecule has 202 valence electrons. The molecule has 0 saturated carbocycles. The number of hydrogen-bond donors (Lipinski definition) is 2. The summed E-state index contributed by atoms with van der Waals surface area (Å²) in [6.45, 7) is 8.88. The molecule has 3 aromatic rings. The number of aliphatic carboxylic acids is 1. The van der Waals surface area contributed by atoms with Crippen LogP contribution in [0, 0.1) is 13.8 Å². The minimum absolute atomic E-state index is 0.0273. The van der Waals surface area contributed by atoms with Crippen LogP contribution >= 0.6 is 11.8 Å². The zero-order valence-electron chi connectivity index (χ0n) is 23.2. The maximum atomic E-state index is 11.2. The minimum atomic E-state index is -0.850. The number of carboxylic acids is 1. The van der Waals surface area contributed by atoms with E-state index < -0.39 is 11.6 Å². The Bertz CT molecular complexity index is 1270. The number of nitrogens with zero attached hydrogens (tertiary/aromatic N) is 1. The van der Waals surface area contributed by atoms with Gasteiger partial charge in [-0.3, -0.25) is 9.78 Å². The van der Waals surface area contributed by atoms with Crippen molar-refractivity contribution in [2.24, 2.45) is 0 Å². The third-order valence-corrected chi connectivity index (χ3v) is 9.61. The van der Waals surface area contributed by atoms with Gasteiger partial charge in [0, 0.05) is 23.4 Å². The molecule has 1 aliphatic heterocycles. The van der Waals surface area contributed by atoms with Crippen LogP contribution in [0.25, 0.3) is 11.1 Å². The van der Waals surface area contributed by atoms with Crippen molar-refractivity contribution in [3.63, 3.8) is 0 Å². The molecule has 0 spiro atoms. The van der Waals surface area contributed by atoms with Gasteiger partial charge in [0.25, 0.3) is 0 Å². The molecule has 1 saturated heterocycles. The number of hydrogen-bond acceptors (Lipinski definition) is 4. The topological polar surface area (TPSA) is 70.4 Å². The van der Waals surface area contributed by atoms with Gasteiger partial charge in [-0.15, -0.1) is 0 Å². The number of benzene rings is 2. The van der Waals surface area contributed by atoms with E-state index in [1.54, 1.807) is 6.20 Å². The summed E-state index contributed by atoms with van der Waals surface area (Å²) >= 11 is 1.95. The summed E-state index contributed by atoms with van der Waals surface area (Å²) in [6, 6.07) is 15.6. The zero-order chi connectivity index (χ0) is 27.3. The lowest BCUT2D eigenvalue weighted by molar-refractivity contribution is -0.136. The van der Waals surface area contributed by atoms with E-state index >= 15 is 0 Å². The molecule has 0 unspecified atom stereocenters. The fourth-order valence-corrected chi connectivity index (χ4v) is 7.32. The van der Waals surface area contributed by atoms with Crippen molar-refractivity contribution in [1.29, 1.82) is 0 Å². The number of pyridine rings is 1. The van der Waals surface area contributed by atoms with E-state index in [0.29, 0.717) is 5.56 Å². The Kier molecular flexibility index (Phi) is 9.00. The molecule has 4 rings (SSSR count). The van der Waals surface area contributed by atoms with E-state index in [1.165, 1.54) is 22.3 Å². The second-order valence-electron chi connectivity index (χ2n) is 10.9. The number of thioether (sulfide) groups is 1. The number of carbonyl (C=O) groups is 1. The number of rotatable bonds is 10. The van der Waals surface area contributed by atoms with Crippen molar-refractivity contribution >= 4 is 17.7 Å². The first-order valence-electron chi connectivity index (χ1n) is 13.9. The highest BCUT2D eigenvalue weighted by Crippen LogP contribution is 2.41. The molecule has 0 bridgehead atoms. The van der Waals surface area contributed by atoms with E-state index in [1.807, 2.05) is 24.0 Å². The van der Waals surface area contributed by atoms with Crippen LogP contribution in [0.4, 0.5) is 0 Å². The Morgan fingerprint density at radius 3 is 2.24 bits per heavy atom. The summed E-state index contributed by atoms with van der Waals surface area (Å²) in [5, 5.41) is 20.1. The molecule has 38 heavy (non-hydrogen) atoms. The molecule has 2 N–H and O–H groups in total. The predicted octanol–water partition coefficient (Wildman–Crippen LogP) is 7.29. The first-order valence-corrected chi connectivity index (χ1v) is 15.0. The molecule has 2 heterocycles. The van der Waals surface area contributed by atoms with Gasteiger partial charge >= 0.3 is 5.97 Å². The minimum Gasteiger partial charge on any atom is -0.481 e. The normalized spacial score (nSPS) is 15.4. The standard InChI is InChI=1S/C33H41NO3S/c1-5-33(6-2,28-8-7-26(23(3)17-28)11-12-32(37)13-15-38-16-14-32)29-9-10-30(24(4)18-29)27-19-25(20-31(35)36)21-34-22-27/h7-10,17-19,21-22,37H,5-6,11-16,20H2,1-4H3,(H,35,36). The molecule has 0 amide bonds. The number of aliphatic hydroxyl groups is 1. The zero-order valence-corrected chi connectivity index (χ0v) is 24.0. The third-order valence-electron chi connectivity index (χ3n) is 8.63. The van der Waals surface area contributed by atoms with Crippen LogP contribution in [0.1, 0.15) is 79.3 Å². The number of aryl methyl sites for hydroxylation is 3. The van der Waals surface area contributed by atoms with Crippen LogP contribution in [0.3, 0.4) is 0 Å². The number of aromatic nitrogens is 1. The Balaban J connectivity index is 1.61. The molecule has 1 fully saturated rings. The summed E-state index contributed by atoms with van der Waals surface area (Å²) in [5.74, 6) is 1.27. The lowest BCUT2D eigenvalue weighted by Gasteiger charge is -2.35. The lowest BCUT2D eigenvalue weighted by Crippen LogP contribution is -2.33. The van der Waals surface area contributed by atoms with Crippen LogP contribution in [0.5, 0.6) is 0 Å². The van der Waals surface area contributed by atoms with Crippen molar-refractivity contribution < 1.29 is 15.0 Å². The largest absolute Gasteiger partial charge is 0.481 e. The summed E-state index contributed by atoms with van der Waals surface area (Å²) in [5.41, 5.74) is 8.59. The molecule has 5 heteroatoms. The average molecular weight is 532 g/mol. The second kappa shape index (κ2) is 12.0. The van der Waals surface area contributed by atoms with Gasteiger partial charge in [0.2, 0.25) is 0 Å². The summed E-state index contributed by atoms with van der Waals surface area (Å²) < 4.78 is 0. The second-order valence-corrected chi connectivity index (χ2v) is 12.2. The van der Waals surface area contributed by atoms with Crippen molar-refractivity contribution in [2.75, 3.05) is 11.5 Å². The van der Waals surface area contributed by atoms with Crippen LogP contribution in [0.2, 0.25) is 0 Å². The van der Waals surface area contributed by atoms with E-state index in [-0.39, 0.29) is 11.8 Å². The molecule has 1 aliphatic rings. The molecule has 0 radical (unpaired) electrons. The van der Waals surface area contributed by atoms with Gasteiger partial charge in [-0.25, -0.2) is 0 Å². The van der Waals surface area contributed by atoms with Gasteiger partial charge in [0.1, 0.15) is 0 Å². The highest BCUT2D eigenvalue weighted by Gasteiger charge is 2.32. The SMILES string of the molecule is CCC(CC)(c1ccc(CCC2(O)CCSCC2)c(C)c1)c1ccc(-c2cncc(CC(=O)O)c2)c(C)c1. The maximum Gasteiger partial charge on any atom is 0.307 e. The van der Waals surface area contributed by atoms with Gasteiger partial charge in [-0.1, -0.05) is 50.2 Å². The summed E-state index contributed by atoms with van der Waals surface area (Å²) in [4.78, 5) is 15.5. The van der Waals surface area contributed by atoms with Crippen LogP contribution in [-0.4, -0.2) is 38.3 Å². The highest BCUT2D eigenvalue weighted by atomic mass is 32.2. The van der Waals surface area contributed by atoms with Gasteiger partial charge in [0.05, 0.1) is 12.0 Å². The van der Waals surface area contributed by atoms with Crippen molar-refractivity contribution in [2.45, 2.75) is 83.7 Å². The predicted molar refractivity (Wildman–Crippen MR) is 158 cm³/mol. The molecule has 2 aromatic carbocycles. The Morgan fingerprint density at radius 2 is 1.63 bits per heavy atom. The quantitative estimate of drug-likeness (QED) is 0.287. The summed E-state index contributed by atoms with van der Waals surface area (Å²) in [7, 11) is 0. The Morgan fingerprint density at radius 1 is 0.974 bits per heavy atom. The van der Waals surface area contributed by atoms with Crippen LogP contribution in [0.15, 0.2) is 54.9 Å². The first-order chi connectivity index (χ1) is 18.2. The van der Waals surface area contributed by atoms with Crippen molar-refractivity contribution in [1.82, 2.24) is 4.98 Å². The van der Waals surface area contributed by atoms with Crippen molar-refractivity contribution in [3.05, 3.63) is 88.2 Å². The highest BCUT2D eigenvalue weighted by molar-refractivity contribution is 7.99. The van der Waals surface area contributed by atoms with Crippen LogP contribution in [-0.2, 0) is 23.1 Å². The fourth-order valence-electron chi connectivity index (χ4n) is 6.07. The van der Waals surface area contributed by atoms with Gasteiger partial charge in [-0.05, 0) is 109 Å². The molecular formula is C33H41NO3S. The Hall–Kier alpha value is -2.63. The average Bonchev–Trinajstić information content (AvgIpc) is 2.89. The van der Waals surface area contributed by atoms with Gasteiger partial charge in [0.15, 0.2) is 0 Å². The maximum absolute atomic E-state index is 11.2. The third kappa shape index (κ3) is 6.16.